The Morgan fingerprint density at radius 1 is 1.30 bits per heavy atom. The average Bonchev–Trinajstić information content (AvgIpc) is 2.46. The van der Waals surface area contributed by atoms with Gasteiger partial charge in [-0.05, 0) is 36.5 Å². The fourth-order valence-electron chi connectivity index (χ4n) is 2.26. The van der Waals surface area contributed by atoms with Crippen molar-refractivity contribution >= 4 is 5.96 Å². The molecule has 3 N–H and O–H groups in total. The summed E-state index contributed by atoms with van der Waals surface area (Å²) in [4.78, 5) is 4.62. The van der Waals surface area contributed by atoms with Crippen LogP contribution in [0.1, 0.15) is 33.3 Å². The van der Waals surface area contributed by atoms with Gasteiger partial charge in [0.05, 0.1) is 12.6 Å². The second-order valence-corrected chi connectivity index (χ2v) is 6.66. The van der Waals surface area contributed by atoms with Crippen LogP contribution in [0.5, 0.6) is 5.75 Å². The van der Waals surface area contributed by atoms with Gasteiger partial charge in [0.25, 0.3) is 0 Å². The van der Waals surface area contributed by atoms with Crippen LogP contribution >= 0.6 is 0 Å². The fourth-order valence-corrected chi connectivity index (χ4v) is 2.26. The highest BCUT2D eigenvalue weighted by molar-refractivity contribution is 5.79. The maximum atomic E-state index is 9.48. The zero-order valence-corrected chi connectivity index (χ0v) is 15.0. The van der Waals surface area contributed by atoms with E-state index >= 15 is 0 Å². The Hall–Kier alpha value is -1.75. The number of phenolic OH excluding ortho intramolecular Hbond substituents is 1. The summed E-state index contributed by atoms with van der Waals surface area (Å²) in [6.45, 7) is 10.7. The highest BCUT2D eigenvalue weighted by Crippen LogP contribution is 2.21. The first-order chi connectivity index (χ1) is 10.9. The smallest absolute Gasteiger partial charge is 0.191 e. The number of benzene rings is 1. The van der Waals surface area contributed by atoms with Crippen molar-refractivity contribution < 1.29 is 9.84 Å². The van der Waals surface area contributed by atoms with Crippen molar-refractivity contribution in [3.8, 4) is 5.75 Å². The molecule has 0 spiro atoms. The van der Waals surface area contributed by atoms with Crippen LogP contribution in [0.2, 0.25) is 0 Å². The Bertz CT molecular complexity index is 495. The Labute approximate surface area is 140 Å². The van der Waals surface area contributed by atoms with E-state index in [1.165, 1.54) is 0 Å². The largest absolute Gasteiger partial charge is 0.508 e. The van der Waals surface area contributed by atoms with E-state index in [2.05, 4.69) is 36.4 Å². The first-order valence-electron chi connectivity index (χ1n) is 8.19. The second kappa shape index (κ2) is 9.40. The summed E-state index contributed by atoms with van der Waals surface area (Å²) in [6.07, 6.45) is 0.898. The summed E-state index contributed by atoms with van der Waals surface area (Å²) in [6, 6.07) is 7.33. The third-order valence-electron chi connectivity index (χ3n) is 3.63. The van der Waals surface area contributed by atoms with Crippen molar-refractivity contribution in [3.05, 3.63) is 29.8 Å². The molecule has 1 aromatic rings. The minimum atomic E-state index is 0.0527. The van der Waals surface area contributed by atoms with Crippen molar-refractivity contribution in [2.45, 2.75) is 40.2 Å². The number of methoxy groups -OCH3 is 1. The molecule has 1 unspecified atom stereocenters. The molecule has 0 saturated heterocycles. The van der Waals surface area contributed by atoms with Gasteiger partial charge in [0, 0.05) is 20.2 Å². The van der Waals surface area contributed by atoms with Gasteiger partial charge < -0.3 is 20.5 Å². The highest BCUT2D eigenvalue weighted by Gasteiger charge is 2.23. The van der Waals surface area contributed by atoms with Crippen LogP contribution in [0.3, 0.4) is 0 Å². The molecule has 0 amide bonds. The number of nitrogens with one attached hydrogen (secondary N) is 2. The summed E-state index contributed by atoms with van der Waals surface area (Å²) in [5.74, 6) is 1.09. The molecule has 0 aromatic heterocycles. The van der Waals surface area contributed by atoms with E-state index in [0.29, 0.717) is 12.3 Å². The van der Waals surface area contributed by atoms with E-state index in [0.717, 1.165) is 31.0 Å². The Morgan fingerprint density at radius 2 is 2.04 bits per heavy atom. The van der Waals surface area contributed by atoms with Gasteiger partial charge in [-0.3, -0.25) is 4.99 Å². The number of hydrogen-bond acceptors (Lipinski definition) is 3. The molecule has 1 aromatic carbocycles. The molecular formula is C18H31N3O2. The summed E-state index contributed by atoms with van der Waals surface area (Å²) in [7, 11) is 1.73. The predicted molar refractivity (Wildman–Crippen MR) is 96.0 cm³/mol. The molecule has 0 fully saturated rings. The summed E-state index contributed by atoms with van der Waals surface area (Å²) < 4.78 is 5.54. The quantitative estimate of drug-likeness (QED) is 0.533. The predicted octanol–water partition coefficient (Wildman–Crippen LogP) is 2.55. The zero-order valence-electron chi connectivity index (χ0n) is 15.0. The SMILES string of the molecule is CCNC(=NCC(OC)C(C)(C)C)NCCc1cccc(O)c1. The third-order valence-corrected chi connectivity index (χ3v) is 3.63. The van der Waals surface area contributed by atoms with Crippen LogP contribution < -0.4 is 10.6 Å². The van der Waals surface area contributed by atoms with E-state index < -0.39 is 0 Å². The standard InChI is InChI=1S/C18H31N3O2/c1-6-19-17(21-13-16(23-5)18(2,3)4)20-11-10-14-8-7-9-15(22)12-14/h7-9,12,16,22H,6,10-11,13H2,1-5H3,(H2,19,20,21). The molecule has 5 heteroatoms. The van der Waals surface area contributed by atoms with Crippen LogP contribution in [-0.4, -0.2) is 43.9 Å². The zero-order chi connectivity index (χ0) is 17.3. The van der Waals surface area contributed by atoms with Gasteiger partial charge in [0.15, 0.2) is 5.96 Å². The Morgan fingerprint density at radius 3 is 2.61 bits per heavy atom. The van der Waals surface area contributed by atoms with E-state index in [1.54, 1.807) is 19.2 Å². The summed E-state index contributed by atoms with van der Waals surface area (Å²) >= 11 is 0. The lowest BCUT2D eigenvalue weighted by atomic mass is 9.89. The van der Waals surface area contributed by atoms with Gasteiger partial charge in [0.1, 0.15) is 5.75 Å². The second-order valence-electron chi connectivity index (χ2n) is 6.66. The number of ether oxygens (including phenoxy) is 1. The van der Waals surface area contributed by atoms with Crippen LogP contribution in [0.25, 0.3) is 0 Å². The number of aromatic hydroxyl groups is 1. The summed E-state index contributed by atoms with van der Waals surface area (Å²) in [5, 5.41) is 16.1. The summed E-state index contributed by atoms with van der Waals surface area (Å²) in [5.41, 5.74) is 1.15. The molecule has 130 valence electrons. The van der Waals surface area contributed by atoms with E-state index in [-0.39, 0.29) is 11.5 Å². The number of guanidine groups is 1. The molecule has 0 bridgehead atoms. The van der Waals surface area contributed by atoms with Crippen LogP contribution in [-0.2, 0) is 11.2 Å². The van der Waals surface area contributed by atoms with Crippen molar-refractivity contribution in [1.29, 1.82) is 0 Å². The minimum Gasteiger partial charge on any atom is -0.508 e. The van der Waals surface area contributed by atoms with Gasteiger partial charge in [-0.2, -0.15) is 0 Å². The number of aliphatic imine (C=N–C) groups is 1. The minimum absolute atomic E-state index is 0.0527. The van der Waals surface area contributed by atoms with Crippen LogP contribution in [0, 0.1) is 5.41 Å². The lowest BCUT2D eigenvalue weighted by Crippen LogP contribution is -2.40. The van der Waals surface area contributed by atoms with E-state index in [9.17, 15) is 5.11 Å². The van der Waals surface area contributed by atoms with E-state index in [1.807, 2.05) is 19.1 Å². The molecule has 23 heavy (non-hydrogen) atoms. The fraction of sp³-hybridized carbons (Fsp3) is 0.611. The van der Waals surface area contributed by atoms with Gasteiger partial charge in [-0.25, -0.2) is 0 Å². The maximum absolute atomic E-state index is 9.48. The average molecular weight is 321 g/mol. The highest BCUT2D eigenvalue weighted by atomic mass is 16.5. The lowest BCUT2D eigenvalue weighted by molar-refractivity contribution is 0.0241. The number of nitrogens with zero attached hydrogens (tertiary/aromatic N) is 1. The first kappa shape index (κ1) is 19.3. The molecule has 0 aliphatic carbocycles. The molecule has 1 rings (SSSR count). The molecule has 0 radical (unpaired) electrons. The number of hydrogen-bond donors (Lipinski definition) is 3. The molecule has 0 heterocycles. The third kappa shape index (κ3) is 7.37. The van der Waals surface area contributed by atoms with Gasteiger partial charge in [-0.1, -0.05) is 32.9 Å². The molecule has 1 atom stereocenters. The maximum Gasteiger partial charge on any atom is 0.191 e. The Balaban J connectivity index is 2.55. The topological polar surface area (TPSA) is 65.9 Å². The Kier molecular flexibility index (Phi) is 7.89. The van der Waals surface area contributed by atoms with Crippen molar-refractivity contribution in [1.82, 2.24) is 10.6 Å². The van der Waals surface area contributed by atoms with Gasteiger partial charge in [-0.15, -0.1) is 0 Å². The molecular weight excluding hydrogens is 290 g/mol. The lowest BCUT2D eigenvalue weighted by Gasteiger charge is -2.28. The molecule has 5 nitrogen and oxygen atoms in total. The van der Waals surface area contributed by atoms with Crippen LogP contribution in [0.4, 0.5) is 0 Å². The molecule has 0 aliphatic heterocycles. The number of phenols is 1. The molecule has 0 saturated carbocycles. The van der Waals surface area contributed by atoms with Crippen molar-refractivity contribution in [2.75, 3.05) is 26.7 Å². The van der Waals surface area contributed by atoms with Gasteiger partial charge in [0.2, 0.25) is 0 Å². The number of rotatable bonds is 7. The first-order valence-corrected chi connectivity index (χ1v) is 8.19. The normalized spacial score (nSPS) is 13.7. The van der Waals surface area contributed by atoms with E-state index in [4.69, 9.17) is 4.74 Å². The van der Waals surface area contributed by atoms with Crippen molar-refractivity contribution in [2.24, 2.45) is 10.4 Å². The van der Waals surface area contributed by atoms with Crippen molar-refractivity contribution in [3.63, 3.8) is 0 Å². The molecule has 0 aliphatic rings. The van der Waals surface area contributed by atoms with Gasteiger partial charge >= 0.3 is 0 Å². The monoisotopic (exact) mass is 321 g/mol. The van der Waals surface area contributed by atoms with Crippen LogP contribution in [0.15, 0.2) is 29.3 Å².